The molecule has 22 heavy (non-hydrogen) atoms. The highest BCUT2D eigenvalue weighted by molar-refractivity contribution is 5.95. The fourth-order valence-electron chi connectivity index (χ4n) is 2.29. The smallest absolute Gasteiger partial charge is 0.252 e. The Hall–Kier alpha value is -2.27. The van der Waals surface area contributed by atoms with Gasteiger partial charge in [-0.3, -0.25) is 9.78 Å². The fraction of sp³-hybridized carbons (Fsp3) is 0.294. The number of aromatic nitrogens is 1. The largest absolute Gasteiger partial charge is 0.393 e. The molecule has 0 fully saturated rings. The molecule has 0 radical (unpaired) electrons. The Labute approximate surface area is 129 Å². The average Bonchev–Trinajstić information content (AvgIpc) is 2.54. The third-order valence-electron chi connectivity index (χ3n) is 3.50. The van der Waals surface area contributed by atoms with Crippen molar-refractivity contribution >= 4 is 5.91 Å². The van der Waals surface area contributed by atoms with E-state index in [2.05, 4.69) is 10.3 Å². The lowest BCUT2D eigenvalue weighted by atomic mass is 10.0. The van der Waals surface area contributed by atoms with Gasteiger partial charge in [-0.15, -0.1) is 0 Å². The van der Waals surface area contributed by atoms with Gasteiger partial charge in [-0.25, -0.2) is 4.39 Å². The number of rotatable bonds is 6. The third-order valence-corrected chi connectivity index (χ3v) is 3.50. The molecule has 0 bridgehead atoms. The first kappa shape index (κ1) is 16.1. The molecule has 0 aliphatic heterocycles. The standard InChI is InChI=1S/C17H19FN2O2/c1-19-17(22)14-6-4-10-20-16(14)11-13(21)9-8-12-5-2-3-7-15(12)18/h2-7,10,13,21H,8-9,11H2,1H3,(H,19,22). The van der Waals surface area contributed by atoms with Gasteiger partial charge in [-0.1, -0.05) is 18.2 Å². The van der Waals surface area contributed by atoms with Crippen LogP contribution in [0.1, 0.15) is 28.0 Å². The van der Waals surface area contributed by atoms with Crippen LogP contribution in [0.3, 0.4) is 0 Å². The van der Waals surface area contributed by atoms with Crippen LogP contribution in [0.5, 0.6) is 0 Å². The van der Waals surface area contributed by atoms with Crippen molar-refractivity contribution in [1.29, 1.82) is 0 Å². The molecule has 1 aromatic heterocycles. The molecular formula is C17H19FN2O2. The van der Waals surface area contributed by atoms with Crippen molar-refractivity contribution in [2.24, 2.45) is 0 Å². The van der Waals surface area contributed by atoms with Gasteiger partial charge >= 0.3 is 0 Å². The quantitative estimate of drug-likeness (QED) is 0.859. The number of hydrogen-bond acceptors (Lipinski definition) is 3. The molecule has 0 aliphatic carbocycles. The topological polar surface area (TPSA) is 62.2 Å². The van der Waals surface area contributed by atoms with Crippen LogP contribution in [-0.2, 0) is 12.8 Å². The van der Waals surface area contributed by atoms with Crippen LogP contribution in [-0.4, -0.2) is 29.1 Å². The molecular weight excluding hydrogens is 283 g/mol. The van der Waals surface area contributed by atoms with Crippen LogP contribution >= 0.6 is 0 Å². The van der Waals surface area contributed by atoms with Crippen molar-refractivity contribution < 1.29 is 14.3 Å². The van der Waals surface area contributed by atoms with E-state index in [9.17, 15) is 14.3 Å². The molecule has 1 aromatic carbocycles. The van der Waals surface area contributed by atoms with Crippen LogP contribution < -0.4 is 5.32 Å². The summed E-state index contributed by atoms with van der Waals surface area (Å²) in [6, 6.07) is 9.87. The maximum absolute atomic E-state index is 13.5. The van der Waals surface area contributed by atoms with Crippen molar-refractivity contribution in [3.8, 4) is 0 Å². The molecule has 0 spiro atoms. The molecule has 0 saturated heterocycles. The Morgan fingerprint density at radius 1 is 1.32 bits per heavy atom. The number of aliphatic hydroxyl groups excluding tert-OH is 1. The number of carbonyl (C=O) groups is 1. The van der Waals surface area contributed by atoms with Crippen molar-refractivity contribution in [2.45, 2.75) is 25.4 Å². The van der Waals surface area contributed by atoms with Crippen LogP contribution in [0, 0.1) is 5.82 Å². The summed E-state index contributed by atoms with van der Waals surface area (Å²) < 4.78 is 13.5. The highest BCUT2D eigenvalue weighted by Gasteiger charge is 2.15. The molecule has 116 valence electrons. The van der Waals surface area contributed by atoms with Gasteiger partial charge in [0, 0.05) is 19.7 Å². The van der Waals surface area contributed by atoms with E-state index in [0.29, 0.717) is 29.7 Å². The van der Waals surface area contributed by atoms with Crippen LogP contribution in [0.2, 0.25) is 0 Å². The maximum atomic E-state index is 13.5. The van der Waals surface area contributed by atoms with Gasteiger partial charge in [0.15, 0.2) is 0 Å². The zero-order valence-electron chi connectivity index (χ0n) is 12.4. The van der Waals surface area contributed by atoms with Crippen LogP contribution in [0.15, 0.2) is 42.6 Å². The molecule has 2 N–H and O–H groups in total. The zero-order valence-corrected chi connectivity index (χ0v) is 12.4. The number of hydrogen-bond donors (Lipinski definition) is 2. The number of aryl methyl sites for hydroxylation is 1. The Bertz CT molecular complexity index is 646. The van der Waals surface area contributed by atoms with Crippen molar-refractivity contribution in [3.63, 3.8) is 0 Å². The number of nitrogens with zero attached hydrogens (tertiary/aromatic N) is 1. The second-order valence-electron chi connectivity index (χ2n) is 5.06. The SMILES string of the molecule is CNC(=O)c1cccnc1CC(O)CCc1ccccc1F. The van der Waals surface area contributed by atoms with Crippen molar-refractivity contribution in [1.82, 2.24) is 10.3 Å². The van der Waals surface area contributed by atoms with E-state index >= 15 is 0 Å². The number of aliphatic hydroxyl groups is 1. The summed E-state index contributed by atoms with van der Waals surface area (Å²) in [5, 5.41) is 12.7. The van der Waals surface area contributed by atoms with Gasteiger partial charge in [0.05, 0.1) is 17.4 Å². The third kappa shape index (κ3) is 4.11. The van der Waals surface area contributed by atoms with E-state index in [1.165, 1.54) is 6.07 Å². The van der Waals surface area contributed by atoms with Gasteiger partial charge in [-0.2, -0.15) is 0 Å². The van der Waals surface area contributed by atoms with Gasteiger partial charge in [0.1, 0.15) is 5.82 Å². The monoisotopic (exact) mass is 302 g/mol. The normalized spacial score (nSPS) is 12.0. The fourth-order valence-corrected chi connectivity index (χ4v) is 2.29. The lowest BCUT2D eigenvalue weighted by molar-refractivity contribution is 0.0960. The molecule has 2 rings (SSSR count). The van der Waals surface area contributed by atoms with E-state index in [4.69, 9.17) is 0 Å². The van der Waals surface area contributed by atoms with Gasteiger partial charge < -0.3 is 10.4 Å². The molecule has 0 aliphatic rings. The second kappa shape index (κ2) is 7.66. The Morgan fingerprint density at radius 3 is 2.82 bits per heavy atom. The van der Waals surface area contributed by atoms with E-state index in [1.807, 2.05) is 0 Å². The molecule has 1 unspecified atom stereocenters. The van der Waals surface area contributed by atoms with Crippen molar-refractivity contribution in [3.05, 3.63) is 65.2 Å². The average molecular weight is 302 g/mol. The second-order valence-corrected chi connectivity index (χ2v) is 5.06. The minimum absolute atomic E-state index is 0.232. The predicted molar refractivity (Wildman–Crippen MR) is 82.1 cm³/mol. The summed E-state index contributed by atoms with van der Waals surface area (Å²) in [5.74, 6) is -0.497. The minimum atomic E-state index is -0.682. The van der Waals surface area contributed by atoms with E-state index in [-0.39, 0.29) is 18.1 Å². The predicted octanol–water partition coefficient (Wildman–Crippen LogP) is 2.12. The number of benzene rings is 1. The molecule has 0 saturated carbocycles. The molecule has 1 amide bonds. The Morgan fingerprint density at radius 2 is 2.09 bits per heavy atom. The maximum Gasteiger partial charge on any atom is 0.252 e. The summed E-state index contributed by atoms with van der Waals surface area (Å²) in [4.78, 5) is 15.9. The van der Waals surface area contributed by atoms with Crippen LogP contribution in [0.25, 0.3) is 0 Å². The first-order valence-electron chi connectivity index (χ1n) is 7.19. The lowest BCUT2D eigenvalue weighted by Gasteiger charge is -2.13. The van der Waals surface area contributed by atoms with Gasteiger partial charge in [0.25, 0.3) is 5.91 Å². The Balaban J connectivity index is 1.99. The molecule has 5 heteroatoms. The summed E-state index contributed by atoms with van der Waals surface area (Å²) in [5.41, 5.74) is 1.58. The number of nitrogens with one attached hydrogen (secondary N) is 1. The Kier molecular flexibility index (Phi) is 5.61. The molecule has 1 atom stereocenters. The lowest BCUT2D eigenvalue weighted by Crippen LogP contribution is -2.22. The molecule has 4 nitrogen and oxygen atoms in total. The van der Waals surface area contributed by atoms with Gasteiger partial charge in [-0.05, 0) is 36.6 Å². The van der Waals surface area contributed by atoms with Crippen molar-refractivity contribution in [2.75, 3.05) is 7.05 Å². The zero-order chi connectivity index (χ0) is 15.9. The van der Waals surface area contributed by atoms with E-state index < -0.39 is 6.10 Å². The summed E-state index contributed by atoms with van der Waals surface area (Å²) in [6.45, 7) is 0. The number of amides is 1. The van der Waals surface area contributed by atoms with E-state index in [1.54, 1.807) is 43.6 Å². The molecule has 1 heterocycles. The minimum Gasteiger partial charge on any atom is -0.393 e. The number of pyridine rings is 1. The van der Waals surface area contributed by atoms with Gasteiger partial charge in [0.2, 0.25) is 0 Å². The highest BCUT2D eigenvalue weighted by atomic mass is 19.1. The summed E-state index contributed by atoms with van der Waals surface area (Å²) >= 11 is 0. The number of halogens is 1. The summed E-state index contributed by atoms with van der Waals surface area (Å²) in [7, 11) is 1.55. The molecule has 2 aromatic rings. The first-order valence-corrected chi connectivity index (χ1v) is 7.19. The van der Waals surface area contributed by atoms with E-state index in [0.717, 1.165) is 0 Å². The summed E-state index contributed by atoms with van der Waals surface area (Å²) in [6.07, 6.45) is 2.02. The first-order chi connectivity index (χ1) is 10.6. The van der Waals surface area contributed by atoms with Crippen LogP contribution in [0.4, 0.5) is 4.39 Å². The number of carbonyl (C=O) groups excluding carboxylic acids is 1. The highest BCUT2D eigenvalue weighted by Crippen LogP contribution is 2.14.